The molecule has 0 radical (unpaired) electrons. The number of carbonyl (C=O) groups is 2. The van der Waals surface area contributed by atoms with Crippen molar-refractivity contribution in [2.24, 2.45) is 11.8 Å². The van der Waals surface area contributed by atoms with Crippen LogP contribution >= 0.6 is 11.6 Å². The summed E-state index contributed by atoms with van der Waals surface area (Å²) in [6, 6.07) is 7.06. The third-order valence-electron chi connectivity index (χ3n) is 4.15. The van der Waals surface area contributed by atoms with E-state index in [1.54, 1.807) is 23.1 Å². The zero-order valence-electron chi connectivity index (χ0n) is 13.5. The van der Waals surface area contributed by atoms with Crippen molar-refractivity contribution in [3.05, 3.63) is 29.3 Å². The van der Waals surface area contributed by atoms with Crippen LogP contribution in [0.1, 0.15) is 26.7 Å². The molecule has 2 atom stereocenters. The van der Waals surface area contributed by atoms with Gasteiger partial charge >= 0.3 is 0 Å². The number of aliphatic hydroxyl groups is 1. The Kier molecular flexibility index (Phi) is 6.02. The molecule has 1 aromatic carbocycles. The Labute approximate surface area is 141 Å². The van der Waals surface area contributed by atoms with Gasteiger partial charge in [0.05, 0.1) is 6.10 Å². The first-order valence-electron chi connectivity index (χ1n) is 7.93. The van der Waals surface area contributed by atoms with Crippen molar-refractivity contribution < 1.29 is 14.7 Å². The Balaban J connectivity index is 1.90. The Bertz CT molecular complexity index is 577. The molecule has 2 amide bonds. The monoisotopic (exact) mass is 338 g/mol. The zero-order chi connectivity index (χ0) is 17.0. The minimum atomic E-state index is -0.662. The van der Waals surface area contributed by atoms with E-state index in [1.807, 2.05) is 19.9 Å². The van der Waals surface area contributed by atoms with E-state index in [0.717, 1.165) is 0 Å². The lowest BCUT2D eigenvalue weighted by molar-refractivity contribution is -0.132. The van der Waals surface area contributed by atoms with Gasteiger partial charge in [0.1, 0.15) is 5.92 Å². The largest absolute Gasteiger partial charge is 0.393 e. The van der Waals surface area contributed by atoms with Gasteiger partial charge in [-0.05, 0) is 37.0 Å². The molecule has 5 nitrogen and oxygen atoms in total. The molecule has 2 N–H and O–H groups in total. The number of nitrogens with zero attached hydrogens (tertiary/aromatic N) is 1. The number of hydrogen-bond acceptors (Lipinski definition) is 3. The SMILES string of the molecule is CC(C)C(O)CCNC(=O)C1CCN(c2cccc(Cl)c2)C1=O. The minimum absolute atomic E-state index is 0.151. The van der Waals surface area contributed by atoms with Gasteiger partial charge in [-0.15, -0.1) is 0 Å². The summed E-state index contributed by atoms with van der Waals surface area (Å²) < 4.78 is 0. The molecule has 1 aliphatic heterocycles. The Morgan fingerprint density at radius 2 is 2.22 bits per heavy atom. The van der Waals surface area contributed by atoms with Gasteiger partial charge in [-0.1, -0.05) is 31.5 Å². The highest BCUT2D eigenvalue weighted by atomic mass is 35.5. The van der Waals surface area contributed by atoms with Gasteiger partial charge < -0.3 is 15.3 Å². The standard InChI is InChI=1S/C17H23ClN2O3/c1-11(2)15(21)6-8-19-16(22)14-7-9-20(17(14)23)13-5-3-4-12(18)10-13/h3-5,10-11,14-15,21H,6-9H2,1-2H3,(H,19,22). The molecule has 0 bridgehead atoms. The molecule has 1 saturated heterocycles. The fourth-order valence-electron chi connectivity index (χ4n) is 2.62. The van der Waals surface area contributed by atoms with E-state index in [2.05, 4.69) is 5.32 Å². The molecule has 6 heteroatoms. The smallest absolute Gasteiger partial charge is 0.239 e. The maximum absolute atomic E-state index is 12.4. The van der Waals surface area contributed by atoms with E-state index < -0.39 is 12.0 Å². The van der Waals surface area contributed by atoms with Gasteiger partial charge in [0.25, 0.3) is 0 Å². The highest BCUT2D eigenvalue weighted by Crippen LogP contribution is 2.27. The third-order valence-corrected chi connectivity index (χ3v) is 4.39. The second-order valence-corrected chi connectivity index (χ2v) is 6.64. The summed E-state index contributed by atoms with van der Waals surface area (Å²) in [5.41, 5.74) is 0.716. The van der Waals surface area contributed by atoms with Crippen LogP contribution in [0.3, 0.4) is 0 Å². The van der Waals surface area contributed by atoms with Crippen molar-refractivity contribution in [1.29, 1.82) is 0 Å². The minimum Gasteiger partial charge on any atom is -0.393 e. The van der Waals surface area contributed by atoms with Gasteiger partial charge in [0.2, 0.25) is 11.8 Å². The van der Waals surface area contributed by atoms with Crippen LogP contribution in [0.15, 0.2) is 24.3 Å². The number of anilines is 1. The molecule has 2 rings (SSSR count). The summed E-state index contributed by atoms with van der Waals surface area (Å²) in [5, 5.41) is 13.0. The highest BCUT2D eigenvalue weighted by molar-refractivity contribution is 6.31. The van der Waals surface area contributed by atoms with Crippen molar-refractivity contribution in [2.75, 3.05) is 18.0 Å². The van der Waals surface area contributed by atoms with Gasteiger partial charge in [-0.25, -0.2) is 0 Å². The summed E-state index contributed by atoms with van der Waals surface area (Å²) >= 11 is 5.95. The van der Waals surface area contributed by atoms with E-state index in [1.165, 1.54) is 0 Å². The molecule has 1 fully saturated rings. The van der Waals surface area contributed by atoms with E-state index in [4.69, 9.17) is 11.6 Å². The summed E-state index contributed by atoms with van der Waals surface area (Å²) in [7, 11) is 0. The summed E-state index contributed by atoms with van der Waals surface area (Å²) in [4.78, 5) is 26.2. The Hall–Kier alpha value is -1.59. The Morgan fingerprint density at radius 3 is 2.87 bits per heavy atom. The summed E-state index contributed by atoms with van der Waals surface area (Å²) in [6.07, 6.45) is 0.532. The average molecular weight is 339 g/mol. The van der Waals surface area contributed by atoms with Crippen molar-refractivity contribution in [3.63, 3.8) is 0 Å². The average Bonchev–Trinajstić information content (AvgIpc) is 2.88. The number of benzene rings is 1. The maximum Gasteiger partial charge on any atom is 0.239 e. The predicted molar refractivity (Wildman–Crippen MR) is 90.4 cm³/mol. The third kappa shape index (κ3) is 4.45. The number of hydrogen-bond donors (Lipinski definition) is 2. The normalized spacial score (nSPS) is 19.3. The van der Waals surface area contributed by atoms with Crippen LogP contribution in [0, 0.1) is 11.8 Å². The quantitative estimate of drug-likeness (QED) is 0.781. The number of amides is 2. The first-order chi connectivity index (χ1) is 10.9. The van der Waals surface area contributed by atoms with Gasteiger partial charge in [-0.3, -0.25) is 9.59 Å². The molecule has 0 aromatic heterocycles. The first-order valence-corrected chi connectivity index (χ1v) is 8.30. The molecule has 126 valence electrons. The van der Waals surface area contributed by atoms with Crippen molar-refractivity contribution in [3.8, 4) is 0 Å². The van der Waals surface area contributed by atoms with Crippen molar-refractivity contribution in [2.45, 2.75) is 32.8 Å². The lowest BCUT2D eigenvalue weighted by Crippen LogP contribution is -2.38. The molecule has 23 heavy (non-hydrogen) atoms. The van der Waals surface area contributed by atoms with Gasteiger partial charge in [0, 0.05) is 23.8 Å². The highest BCUT2D eigenvalue weighted by Gasteiger charge is 2.37. The number of carbonyl (C=O) groups excluding carboxylic acids is 2. The second-order valence-electron chi connectivity index (χ2n) is 6.20. The first kappa shape index (κ1) is 17.8. The van der Waals surface area contributed by atoms with Crippen LogP contribution in [0.2, 0.25) is 5.02 Å². The van der Waals surface area contributed by atoms with E-state index in [9.17, 15) is 14.7 Å². The van der Waals surface area contributed by atoms with E-state index in [-0.39, 0.29) is 17.7 Å². The van der Waals surface area contributed by atoms with Crippen LogP contribution in [-0.2, 0) is 9.59 Å². The topological polar surface area (TPSA) is 69.6 Å². The molecule has 1 heterocycles. The lowest BCUT2D eigenvalue weighted by atomic mass is 10.0. The molecule has 0 aliphatic carbocycles. The number of halogens is 1. The molecular formula is C17H23ClN2O3. The maximum atomic E-state index is 12.4. The fraction of sp³-hybridized carbons (Fsp3) is 0.529. The van der Waals surface area contributed by atoms with Crippen LogP contribution in [0.4, 0.5) is 5.69 Å². The summed E-state index contributed by atoms with van der Waals surface area (Å²) in [5.74, 6) is -0.979. The second kappa shape index (κ2) is 7.79. The summed E-state index contributed by atoms with van der Waals surface area (Å²) in [6.45, 7) is 4.73. The Morgan fingerprint density at radius 1 is 1.48 bits per heavy atom. The van der Waals surface area contributed by atoms with Crippen molar-refractivity contribution >= 4 is 29.1 Å². The number of rotatable bonds is 6. The van der Waals surface area contributed by atoms with E-state index in [0.29, 0.717) is 36.6 Å². The van der Waals surface area contributed by atoms with Crippen molar-refractivity contribution in [1.82, 2.24) is 5.32 Å². The predicted octanol–water partition coefficient (Wildman–Crippen LogP) is 2.22. The fourth-order valence-corrected chi connectivity index (χ4v) is 2.81. The van der Waals surface area contributed by atoms with Crippen LogP contribution in [-0.4, -0.2) is 36.1 Å². The van der Waals surface area contributed by atoms with Crippen LogP contribution in [0.5, 0.6) is 0 Å². The van der Waals surface area contributed by atoms with E-state index >= 15 is 0 Å². The number of aliphatic hydroxyl groups excluding tert-OH is 1. The molecule has 2 unspecified atom stereocenters. The van der Waals surface area contributed by atoms with Crippen LogP contribution < -0.4 is 10.2 Å². The molecule has 0 spiro atoms. The van der Waals surface area contributed by atoms with Gasteiger partial charge in [-0.2, -0.15) is 0 Å². The molecule has 0 saturated carbocycles. The molecular weight excluding hydrogens is 316 g/mol. The zero-order valence-corrected chi connectivity index (χ0v) is 14.2. The lowest BCUT2D eigenvalue weighted by Gasteiger charge is -2.17. The molecule has 1 aliphatic rings. The van der Waals surface area contributed by atoms with Crippen LogP contribution in [0.25, 0.3) is 0 Å². The van der Waals surface area contributed by atoms with Gasteiger partial charge in [0.15, 0.2) is 0 Å². The molecule has 1 aromatic rings. The number of nitrogens with one attached hydrogen (secondary N) is 1.